The minimum absolute atomic E-state index is 0.158. The summed E-state index contributed by atoms with van der Waals surface area (Å²) >= 11 is 1.35. The molecule has 0 aliphatic carbocycles. The number of carbonyl (C=O) groups is 1. The van der Waals surface area contributed by atoms with Crippen LogP contribution in [0.5, 0.6) is 5.75 Å². The van der Waals surface area contributed by atoms with Gasteiger partial charge in [-0.15, -0.1) is 10.2 Å². The highest BCUT2D eigenvalue weighted by Gasteiger charge is 2.26. The summed E-state index contributed by atoms with van der Waals surface area (Å²) in [6.45, 7) is 2.65. The summed E-state index contributed by atoms with van der Waals surface area (Å²) in [5, 5.41) is 11.7. The highest BCUT2D eigenvalue weighted by molar-refractivity contribution is 8.00. The first kappa shape index (κ1) is 20.7. The zero-order valence-electron chi connectivity index (χ0n) is 17.2. The SMILES string of the molecule is CCn1c(SC(C(=O)Nc2cccc(OC)c2)c2ccccc2)nnc1-c1ccco1. The number of methoxy groups -OCH3 is 1. The second-order valence-electron chi connectivity index (χ2n) is 6.66. The number of anilines is 1. The molecule has 1 amide bonds. The number of ether oxygens (including phenoxy) is 1. The number of nitrogens with one attached hydrogen (secondary N) is 1. The van der Waals surface area contributed by atoms with Gasteiger partial charge in [0.15, 0.2) is 16.7 Å². The lowest BCUT2D eigenvalue weighted by Gasteiger charge is -2.17. The van der Waals surface area contributed by atoms with Gasteiger partial charge >= 0.3 is 0 Å². The second kappa shape index (κ2) is 9.53. The number of aromatic nitrogens is 3. The molecule has 1 unspecified atom stereocenters. The Morgan fingerprint density at radius 3 is 2.68 bits per heavy atom. The molecule has 0 saturated heterocycles. The molecule has 2 aromatic carbocycles. The maximum absolute atomic E-state index is 13.3. The molecule has 2 aromatic heterocycles. The number of benzene rings is 2. The third-order valence-electron chi connectivity index (χ3n) is 4.68. The molecule has 4 rings (SSSR count). The first-order valence-corrected chi connectivity index (χ1v) is 10.7. The summed E-state index contributed by atoms with van der Waals surface area (Å²) in [7, 11) is 1.59. The molecule has 2 heterocycles. The molecule has 0 aliphatic heterocycles. The average Bonchev–Trinajstić information content (AvgIpc) is 3.47. The van der Waals surface area contributed by atoms with Crippen LogP contribution in [0.3, 0.4) is 0 Å². The molecule has 1 atom stereocenters. The van der Waals surface area contributed by atoms with E-state index < -0.39 is 5.25 Å². The van der Waals surface area contributed by atoms with Gasteiger partial charge in [-0.3, -0.25) is 9.36 Å². The molecule has 31 heavy (non-hydrogen) atoms. The van der Waals surface area contributed by atoms with E-state index in [4.69, 9.17) is 9.15 Å². The predicted molar refractivity (Wildman–Crippen MR) is 120 cm³/mol. The zero-order valence-corrected chi connectivity index (χ0v) is 18.0. The van der Waals surface area contributed by atoms with E-state index in [-0.39, 0.29) is 5.91 Å². The van der Waals surface area contributed by atoms with E-state index in [1.54, 1.807) is 19.4 Å². The topological polar surface area (TPSA) is 82.2 Å². The van der Waals surface area contributed by atoms with Gasteiger partial charge in [0.1, 0.15) is 11.0 Å². The minimum Gasteiger partial charge on any atom is -0.497 e. The van der Waals surface area contributed by atoms with Crippen LogP contribution in [0.15, 0.2) is 82.6 Å². The Morgan fingerprint density at radius 1 is 1.13 bits per heavy atom. The van der Waals surface area contributed by atoms with Crippen molar-refractivity contribution in [2.75, 3.05) is 12.4 Å². The van der Waals surface area contributed by atoms with Gasteiger partial charge in [0.25, 0.3) is 0 Å². The van der Waals surface area contributed by atoms with E-state index in [2.05, 4.69) is 15.5 Å². The van der Waals surface area contributed by atoms with Crippen LogP contribution in [-0.2, 0) is 11.3 Å². The van der Waals surface area contributed by atoms with Crippen molar-refractivity contribution in [3.8, 4) is 17.3 Å². The number of nitrogens with zero attached hydrogens (tertiary/aromatic N) is 3. The van der Waals surface area contributed by atoms with Gasteiger partial charge in [-0.2, -0.15) is 0 Å². The Morgan fingerprint density at radius 2 is 1.97 bits per heavy atom. The van der Waals surface area contributed by atoms with Crippen LogP contribution < -0.4 is 10.1 Å². The maximum atomic E-state index is 13.3. The molecule has 4 aromatic rings. The standard InChI is InChI=1S/C23H22N4O3S/c1-3-27-21(19-13-8-14-30-19)25-26-23(27)31-20(16-9-5-4-6-10-16)22(28)24-17-11-7-12-18(15-17)29-2/h4-15,20H,3H2,1-2H3,(H,24,28). The van der Waals surface area contributed by atoms with Crippen LogP contribution in [0.2, 0.25) is 0 Å². The van der Waals surface area contributed by atoms with Crippen LogP contribution in [0.1, 0.15) is 17.7 Å². The van der Waals surface area contributed by atoms with Crippen LogP contribution in [-0.4, -0.2) is 27.8 Å². The van der Waals surface area contributed by atoms with Gasteiger partial charge in [-0.05, 0) is 36.8 Å². The monoisotopic (exact) mass is 434 g/mol. The van der Waals surface area contributed by atoms with Crippen molar-refractivity contribution >= 4 is 23.4 Å². The van der Waals surface area contributed by atoms with E-state index in [1.165, 1.54) is 11.8 Å². The fraction of sp³-hybridized carbons (Fsp3) is 0.174. The third kappa shape index (κ3) is 4.64. The molecule has 0 bridgehead atoms. The van der Waals surface area contributed by atoms with E-state index in [0.29, 0.717) is 34.7 Å². The maximum Gasteiger partial charge on any atom is 0.242 e. The van der Waals surface area contributed by atoms with Gasteiger partial charge in [-0.1, -0.05) is 48.2 Å². The number of furan rings is 1. The largest absolute Gasteiger partial charge is 0.497 e. The molecule has 158 valence electrons. The van der Waals surface area contributed by atoms with Gasteiger partial charge in [-0.25, -0.2) is 0 Å². The quantitative estimate of drug-likeness (QED) is 0.391. The fourth-order valence-electron chi connectivity index (χ4n) is 3.16. The lowest BCUT2D eigenvalue weighted by Crippen LogP contribution is -2.19. The Bertz CT molecular complexity index is 1140. The van der Waals surface area contributed by atoms with Crippen molar-refractivity contribution in [3.05, 3.63) is 78.6 Å². The summed E-state index contributed by atoms with van der Waals surface area (Å²) < 4.78 is 12.7. The molecule has 0 aliphatic rings. The fourth-order valence-corrected chi connectivity index (χ4v) is 4.26. The van der Waals surface area contributed by atoms with Gasteiger partial charge in [0, 0.05) is 18.3 Å². The van der Waals surface area contributed by atoms with Crippen molar-refractivity contribution in [3.63, 3.8) is 0 Å². The molecule has 0 fully saturated rings. The van der Waals surface area contributed by atoms with Gasteiger partial charge in [0.05, 0.1) is 13.4 Å². The summed E-state index contributed by atoms with van der Waals surface area (Å²) in [5.74, 6) is 1.79. The summed E-state index contributed by atoms with van der Waals surface area (Å²) in [5.41, 5.74) is 1.54. The number of thioether (sulfide) groups is 1. The molecule has 0 spiro atoms. The molecule has 0 saturated carbocycles. The lowest BCUT2D eigenvalue weighted by atomic mass is 10.1. The zero-order chi connectivity index (χ0) is 21.6. The van der Waals surface area contributed by atoms with Gasteiger partial charge in [0.2, 0.25) is 5.91 Å². The highest BCUT2D eigenvalue weighted by atomic mass is 32.2. The molecular formula is C23H22N4O3S. The smallest absolute Gasteiger partial charge is 0.242 e. The van der Waals surface area contributed by atoms with Crippen molar-refractivity contribution in [2.24, 2.45) is 0 Å². The molecule has 7 nitrogen and oxygen atoms in total. The summed E-state index contributed by atoms with van der Waals surface area (Å²) in [6.07, 6.45) is 1.60. The van der Waals surface area contributed by atoms with Crippen LogP contribution >= 0.6 is 11.8 Å². The van der Waals surface area contributed by atoms with Crippen molar-refractivity contribution in [2.45, 2.75) is 23.9 Å². The van der Waals surface area contributed by atoms with Crippen molar-refractivity contribution < 1.29 is 13.9 Å². The number of rotatable bonds is 8. The minimum atomic E-state index is -0.522. The first-order chi connectivity index (χ1) is 15.2. The third-order valence-corrected chi connectivity index (χ3v) is 5.91. The Balaban J connectivity index is 1.64. The Kier molecular flexibility index (Phi) is 6.37. The first-order valence-electron chi connectivity index (χ1n) is 9.83. The van der Waals surface area contributed by atoms with Crippen LogP contribution in [0, 0.1) is 0 Å². The molecule has 1 N–H and O–H groups in total. The summed E-state index contributed by atoms with van der Waals surface area (Å²) in [4.78, 5) is 13.3. The van der Waals surface area contributed by atoms with E-state index in [1.807, 2.05) is 72.2 Å². The van der Waals surface area contributed by atoms with E-state index in [9.17, 15) is 4.79 Å². The van der Waals surface area contributed by atoms with Gasteiger partial charge < -0.3 is 14.5 Å². The predicted octanol–water partition coefficient (Wildman–Crippen LogP) is 5.04. The van der Waals surface area contributed by atoms with Crippen LogP contribution in [0.25, 0.3) is 11.6 Å². The van der Waals surface area contributed by atoms with Crippen molar-refractivity contribution in [1.29, 1.82) is 0 Å². The second-order valence-corrected chi connectivity index (χ2v) is 7.73. The lowest BCUT2D eigenvalue weighted by molar-refractivity contribution is -0.115. The highest BCUT2D eigenvalue weighted by Crippen LogP contribution is 2.37. The average molecular weight is 435 g/mol. The summed E-state index contributed by atoms with van der Waals surface area (Å²) in [6, 6.07) is 20.6. The van der Waals surface area contributed by atoms with E-state index in [0.717, 1.165) is 5.56 Å². The molecule has 8 heteroatoms. The van der Waals surface area contributed by atoms with Crippen molar-refractivity contribution in [1.82, 2.24) is 14.8 Å². The number of carbonyl (C=O) groups excluding carboxylic acids is 1. The Hall–Kier alpha value is -3.52. The van der Waals surface area contributed by atoms with E-state index >= 15 is 0 Å². The number of hydrogen-bond acceptors (Lipinski definition) is 6. The normalized spacial score (nSPS) is 11.8. The van der Waals surface area contributed by atoms with Crippen LogP contribution in [0.4, 0.5) is 5.69 Å². The molecule has 0 radical (unpaired) electrons. The number of amides is 1. The Labute approximate surface area is 184 Å². The number of hydrogen-bond donors (Lipinski definition) is 1. The molecular weight excluding hydrogens is 412 g/mol.